The predicted octanol–water partition coefficient (Wildman–Crippen LogP) is -2.70. The first kappa shape index (κ1) is 15.8. The molecule has 0 aliphatic carbocycles. The first-order valence-corrected chi connectivity index (χ1v) is 0.775. The molecule has 0 atom stereocenters. The molecular formula is H4BKO3Ta. The van der Waals surface area contributed by atoms with Crippen LogP contribution in [0.4, 0.5) is 0 Å². The third kappa shape index (κ3) is 33.2. The van der Waals surface area contributed by atoms with Crippen molar-refractivity contribution in [3.05, 3.63) is 0 Å². The zero-order valence-electron chi connectivity index (χ0n) is 2.37. The van der Waals surface area contributed by atoms with Crippen molar-refractivity contribution >= 4 is 58.7 Å². The van der Waals surface area contributed by atoms with Crippen LogP contribution in [0.2, 0.25) is 0 Å². The maximum absolute atomic E-state index is 7.17. The van der Waals surface area contributed by atoms with E-state index in [9.17, 15) is 0 Å². The molecule has 0 unspecified atom stereocenters. The minimum absolute atomic E-state index is 0. The Bertz CT molecular complexity index is 15.5. The van der Waals surface area contributed by atoms with Crippen LogP contribution in [0.1, 0.15) is 0 Å². The zero-order chi connectivity index (χ0) is 3.58. The summed E-state index contributed by atoms with van der Waals surface area (Å²) in [6, 6.07) is 0. The zero-order valence-corrected chi connectivity index (χ0v) is 5.58. The number of rotatable bonds is 0. The smallest absolute Gasteiger partial charge is 0 e. The van der Waals surface area contributed by atoms with E-state index in [1.807, 2.05) is 0 Å². The van der Waals surface area contributed by atoms with Crippen LogP contribution in [-0.4, -0.2) is 73.8 Å². The second-order valence-electron chi connectivity index (χ2n) is 0.346. The summed E-state index contributed by atoms with van der Waals surface area (Å²) < 4.78 is 0. The van der Waals surface area contributed by atoms with Gasteiger partial charge in [-0.05, 0) is 0 Å². The van der Waals surface area contributed by atoms with Gasteiger partial charge in [-0.3, -0.25) is 0 Å². The minimum atomic E-state index is -2.17. The van der Waals surface area contributed by atoms with E-state index in [0.29, 0.717) is 0 Å². The Balaban J connectivity index is -0.0000000450. The summed E-state index contributed by atoms with van der Waals surface area (Å²) in [5.74, 6) is 0. The van der Waals surface area contributed by atoms with Crippen molar-refractivity contribution in [2.24, 2.45) is 0 Å². The van der Waals surface area contributed by atoms with Crippen LogP contribution in [0, 0.1) is 0 Å². The summed E-state index contributed by atoms with van der Waals surface area (Å²) >= 11 is 0. The molecule has 0 aliphatic rings. The first-order chi connectivity index (χ1) is 1.73. The Morgan fingerprint density at radius 1 is 1.00 bits per heavy atom. The molecule has 0 fully saturated rings. The molecule has 6 heavy (non-hydrogen) atoms. The van der Waals surface area contributed by atoms with Crippen molar-refractivity contribution in [1.29, 1.82) is 0 Å². The molecule has 0 saturated heterocycles. The summed E-state index contributed by atoms with van der Waals surface area (Å²) in [7, 11) is -2.17. The van der Waals surface area contributed by atoms with Gasteiger partial charge in [-0.2, -0.15) is 0 Å². The van der Waals surface area contributed by atoms with E-state index in [-0.39, 0.29) is 73.8 Å². The molecule has 6 heteroatoms. The fourth-order valence-electron chi connectivity index (χ4n) is 0. The SMILES string of the molecule is OB(O)O.[KH].[Ta]. The van der Waals surface area contributed by atoms with Crippen LogP contribution in [0.25, 0.3) is 0 Å². The van der Waals surface area contributed by atoms with Gasteiger partial charge < -0.3 is 15.1 Å². The van der Waals surface area contributed by atoms with Gasteiger partial charge in [-0.1, -0.05) is 0 Å². The van der Waals surface area contributed by atoms with E-state index in [0.717, 1.165) is 0 Å². The van der Waals surface area contributed by atoms with E-state index < -0.39 is 7.32 Å². The van der Waals surface area contributed by atoms with Crippen LogP contribution in [0.3, 0.4) is 0 Å². The third-order valence-electron chi connectivity index (χ3n) is 0. The molecule has 0 aromatic heterocycles. The Hall–Kier alpha value is 2.32. The van der Waals surface area contributed by atoms with Gasteiger partial charge in [0.15, 0.2) is 0 Å². The van der Waals surface area contributed by atoms with Crippen molar-refractivity contribution < 1.29 is 37.5 Å². The Morgan fingerprint density at radius 2 is 1.00 bits per heavy atom. The maximum Gasteiger partial charge on any atom is 0 e. The largest absolute Gasteiger partial charge is 0 e. The fraction of sp³-hybridized carbons (Fsp3) is 0. The summed E-state index contributed by atoms with van der Waals surface area (Å²) in [6.45, 7) is 0. The van der Waals surface area contributed by atoms with Crippen molar-refractivity contribution in [2.45, 2.75) is 0 Å². The molecule has 0 heterocycles. The quantitative estimate of drug-likeness (QED) is 0.424. The molecule has 1 radical (unpaired) electrons. The van der Waals surface area contributed by atoms with Crippen molar-refractivity contribution in [3.8, 4) is 0 Å². The van der Waals surface area contributed by atoms with Crippen LogP contribution in [0.15, 0.2) is 0 Å². The monoisotopic (exact) mass is 283 g/mol. The van der Waals surface area contributed by atoms with E-state index in [1.165, 1.54) is 0 Å². The van der Waals surface area contributed by atoms with Crippen molar-refractivity contribution in [1.82, 2.24) is 0 Å². The minimum Gasteiger partial charge on any atom is 0 e. The molecule has 0 bridgehead atoms. The second-order valence-corrected chi connectivity index (χ2v) is 0.346. The average Bonchev–Trinajstić information content (AvgIpc) is 0.811. The molecule has 0 spiro atoms. The van der Waals surface area contributed by atoms with E-state index in [4.69, 9.17) is 15.1 Å². The molecule has 0 amide bonds. The molecular weight excluding hydrogens is 279 g/mol. The standard InChI is InChI=1S/BH3O3.K.Ta.H/c2-1(3)4;;;/h2-4H;;;. The topological polar surface area (TPSA) is 60.7 Å². The molecule has 0 rings (SSSR count). The second kappa shape index (κ2) is 10.3. The van der Waals surface area contributed by atoms with Gasteiger partial charge in [0.1, 0.15) is 0 Å². The van der Waals surface area contributed by atoms with E-state index >= 15 is 0 Å². The Labute approximate surface area is 94.2 Å². The normalized spacial score (nSPS) is 4.50. The molecule has 0 aromatic rings. The number of hydrogen-bond donors (Lipinski definition) is 3. The average molecular weight is 283 g/mol. The number of hydrogen-bond acceptors (Lipinski definition) is 3. The van der Waals surface area contributed by atoms with Crippen LogP contribution < -0.4 is 0 Å². The van der Waals surface area contributed by atoms with Gasteiger partial charge in [-0.15, -0.1) is 0 Å². The summed E-state index contributed by atoms with van der Waals surface area (Å²) in [5.41, 5.74) is 0. The summed E-state index contributed by atoms with van der Waals surface area (Å²) in [6.07, 6.45) is 0. The van der Waals surface area contributed by atoms with Crippen LogP contribution in [0.5, 0.6) is 0 Å². The molecule has 0 saturated carbocycles. The molecule has 3 nitrogen and oxygen atoms in total. The van der Waals surface area contributed by atoms with Gasteiger partial charge in [0, 0.05) is 22.4 Å². The fourth-order valence-corrected chi connectivity index (χ4v) is 0. The van der Waals surface area contributed by atoms with Gasteiger partial charge in [0.25, 0.3) is 0 Å². The molecule has 0 aromatic carbocycles. The first-order valence-electron chi connectivity index (χ1n) is 0.775. The summed E-state index contributed by atoms with van der Waals surface area (Å²) in [4.78, 5) is 0. The molecule has 3 N–H and O–H groups in total. The Morgan fingerprint density at radius 3 is 1.00 bits per heavy atom. The Kier molecular flexibility index (Phi) is 27.1. The summed E-state index contributed by atoms with van der Waals surface area (Å²) in [5, 5.41) is 21.5. The van der Waals surface area contributed by atoms with Crippen LogP contribution in [-0.2, 0) is 22.4 Å². The van der Waals surface area contributed by atoms with Gasteiger partial charge in [-0.25, -0.2) is 0 Å². The van der Waals surface area contributed by atoms with E-state index in [2.05, 4.69) is 0 Å². The molecule has 0 aliphatic heterocycles. The molecule has 31 valence electrons. The van der Waals surface area contributed by atoms with Crippen molar-refractivity contribution in [3.63, 3.8) is 0 Å². The van der Waals surface area contributed by atoms with Crippen LogP contribution >= 0.6 is 0 Å². The van der Waals surface area contributed by atoms with Gasteiger partial charge in [0.2, 0.25) is 0 Å². The van der Waals surface area contributed by atoms with E-state index in [1.54, 1.807) is 0 Å². The van der Waals surface area contributed by atoms with Gasteiger partial charge in [0.05, 0.1) is 0 Å². The maximum atomic E-state index is 7.17. The van der Waals surface area contributed by atoms with Crippen molar-refractivity contribution in [2.75, 3.05) is 0 Å². The third-order valence-corrected chi connectivity index (χ3v) is 0. The predicted molar refractivity (Wildman–Crippen MR) is 19.6 cm³/mol. The van der Waals surface area contributed by atoms with Gasteiger partial charge >= 0.3 is 58.7 Å².